The van der Waals surface area contributed by atoms with E-state index in [2.05, 4.69) is 11.9 Å². The molecule has 0 unspecified atom stereocenters. The van der Waals surface area contributed by atoms with Gasteiger partial charge >= 0.3 is 0 Å². The lowest BCUT2D eigenvalue weighted by atomic mass is 9.76. The fraction of sp³-hybridized carbons (Fsp3) is 0.750. The van der Waals surface area contributed by atoms with Crippen molar-refractivity contribution in [3.63, 3.8) is 0 Å². The van der Waals surface area contributed by atoms with Gasteiger partial charge in [-0.05, 0) is 101 Å². The second-order valence-corrected chi connectivity index (χ2v) is 13.1. The highest BCUT2D eigenvalue weighted by atomic mass is 32.2. The van der Waals surface area contributed by atoms with Crippen LogP contribution in [0.4, 0.5) is 0 Å². The van der Waals surface area contributed by atoms with Crippen molar-refractivity contribution < 1.29 is 17.9 Å². The summed E-state index contributed by atoms with van der Waals surface area (Å²) in [6.45, 7) is 6.28. The summed E-state index contributed by atoms with van der Waals surface area (Å²) in [5.74, 6) is 3.03. The highest BCUT2D eigenvalue weighted by molar-refractivity contribution is 7.89. The number of Topliss-reactive ketones (excluding diaryl/α,β-unsaturated/α-hetero) is 1. The molecule has 7 heteroatoms. The van der Waals surface area contributed by atoms with Crippen molar-refractivity contribution >= 4 is 15.8 Å². The normalized spacial score (nSPS) is 22.5. The van der Waals surface area contributed by atoms with Crippen molar-refractivity contribution in [3.05, 3.63) is 23.3 Å². The molecular weight excluding hydrogens is 460 g/mol. The number of likely N-dealkylation sites (tertiary alicyclic amines) is 1. The van der Waals surface area contributed by atoms with Gasteiger partial charge in [-0.1, -0.05) is 25.7 Å². The van der Waals surface area contributed by atoms with Gasteiger partial charge in [-0.25, -0.2) is 12.7 Å². The van der Waals surface area contributed by atoms with Crippen molar-refractivity contribution in [2.24, 2.45) is 17.8 Å². The zero-order chi connectivity index (χ0) is 25.6. The molecule has 1 aliphatic heterocycles. The molecule has 2 fully saturated rings. The minimum atomic E-state index is -3.66. The number of hydrogen-bond acceptors (Lipinski definition) is 5. The summed E-state index contributed by atoms with van der Waals surface area (Å²) < 4.78 is 32.9. The lowest BCUT2D eigenvalue weighted by Gasteiger charge is -2.32. The molecule has 0 amide bonds. The minimum Gasteiger partial charge on any atom is -0.497 e. The summed E-state index contributed by atoms with van der Waals surface area (Å²) in [6, 6.07) is 3.48. The van der Waals surface area contributed by atoms with Gasteiger partial charge < -0.3 is 9.64 Å². The molecule has 1 heterocycles. The van der Waals surface area contributed by atoms with E-state index in [1.54, 1.807) is 40.1 Å². The summed E-state index contributed by atoms with van der Waals surface area (Å²) in [6.07, 6.45) is 11.1. The molecule has 0 spiro atoms. The Labute approximate surface area is 213 Å². The average Bonchev–Trinajstić information content (AvgIpc) is 2.82. The first kappa shape index (κ1) is 28.1. The molecule has 1 aliphatic carbocycles. The van der Waals surface area contributed by atoms with Crippen LogP contribution in [0.25, 0.3) is 0 Å². The highest BCUT2D eigenvalue weighted by Crippen LogP contribution is 2.35. The Bertz CT molecular complexity index is 923. The summed E-state index contributed by atoms with van der Waals surface area (Å²) in [5, 5.41) is 0. The molecule has 0 aromatic heterocycles. The Balaban J connectivity index is 1.40. The van der Waals surface area contributed by atoms with Crippen LogP contribution in [-0.4, -0.2) is 64.2 Å². The van der Waals surface area contributed by atoms with E-state index in [1.807, 2.05) is 0 Å². The average molecular weight is 507 g/mol. The summed E-state index contributed by atoms with van der Waals surface area (Å²) >= 11 is 0. The quantitative estimate of drug-likeness (QED) is 0.412. The van der Waals surface area contributed by atoms with Crippen LogP contribution < -0.4 is 4.74 Å². The highest BCUT2D eigenvalue weighted by Gasteiger charge is 2.28. The SMILES string of the molecule is COc1cc(C)c(S(=O)(=O)N(C)CCC(=O)CC2CCC(CCC3CCN(C)CC3)CC2)c(C)c1. The van der Waals surface area contributed by atoms with Gasteiger partial charge in [-0.2, -0.15) is 0 Å². The molecule has 0 atom stereocenters. The monoisotopic (exact) mass is 506 g/mol. The fourth-order valence-electron chi connectivity index (χ4n) is 5.96. The van der Waals surface area contributed by atoms with Gasteiger partial charge in [0.15, 0.2) is 0 Å². The number of ether oxygens (including phenoxy) is 1. The number of carbonyl (C=O) groups is 1. The van der Waals surface area contributed by atoms with E-state index in [0.29, 0.717) is 34.1 Å². The van der Waals surface area contributed by atoms with Crippen LogP contribution in [0.1, 0.15) is 75.3 Å². The third-order valence-corrected chi connectivity index (χ3v) is 10.5. The number of nitrogens with zero attached hydrogens (tertiary/aromatic N) is 2. The van der Waals surface area contributed by atoms with E-state index in [-0.39, 0.29) is 18.7 Å². The van der Waals surface area contributed by atoms with Crippen LogP contribution >= 0.6 is 0 Å². The third-order valence-electron chi connectivity index (χ3n) is 8.35. The lowest BCUT2D eigenvalue weighted by Crippen LogP contribution is -2.31. The Morgan fingerprint density at radius 3 is 2.03 bits per heavy atom. The van der Waals surface area contributed by atoms with E-state index < -0.39 is 10.0 Å². The van der Waals surface area contributed by atoms with Crippen LogP contribution in [0.5, 0.6) is 5.75 Å². The summed E-state index contributed by atoms with van der Waals surface area (Å²) in [7, 11) is 1.71. The second kappa shape index (κ2) is 12.7. The Morgan fingerprint density at radius 1 is 0.971 bits per heavy atom. The van der Waals surface area contributed by atoms with E-state index in [9.17, 15) is 13.2 Å². The van der Waals surface area contributed by atoms with Gasteiger partial charge in [0.1, 0.15) is 11.5 Å². The number of carbonyl (C=O) groups excluding carboxylic acids is 1. The van der Waals surface area contributed by atoms with Crippen LogP contribution in [0.3, 0.4) is 0 Å². The molecule has 6 nitrogen and oxygen atoms in total. The van der Waals surface area contributed by atoms with Crippen molar-refractivity contribution in [1.29, 1.82) is 0 Å². The van der Waals surface area contributed by atoms with Crippen molar-refractivity contribution in [2.45, 2.75) is 83.0 Å². The summed E-state index contributed by atoms with van der Waals surface area (Å²) in [5.41, 5.74) is 1.32. The first-order valence-corrected chi connectivity index (χ1v) is 14.9. The van der Waals surface area contributed by atoms with E-state index >= 15 is 0 Å². The van der Waals surface area contributed by atoms with Gasteiger partial charge in [0.25, 0.3) is 0 Å². The maximum Gasteiger partial charge on any atom is 0.243 e. The van der Waals surface area contributed by atoms with Crippen LogP contribution in [-0.2, 0) is 14.8 Å². The predicted octanol–water partition coefficient (Wildman–Crippen LogP) is 5.21. The molecule has 198 valence electrons. The van der Waals surface area contributed by atoms with Crippen LogP contribution in [0, 0.1) is 31.6 Å². The Morgan fingerprint density at radius 2 is 1.49 bits per heavy atom. The zero-order valence-corrected chi connectivity index (χ0v) is 23.3. The number of piperidine rings is 1. The largest absolute Gasteiger partial charge is 0.497 e. The molecule has 1 aromatic rings. The Hall–Kier alpha value is -1.44. The molecule has 2 aliphatic rings. The molecule has 35 heavy (non-hydrogen) atoms. The maximum atomic E-state index is 13.2. The summed E-state index contributed by atoms with van der Waals surface area (Å²) in [4.78, 5) is 15.4. The van der Waals surface area contributed by atoms with E-state index in [4.69, 9.17) is 4.74 Å². The van der Waals surface area contributed by atoms with Crippen LogP contribution in [0.15, 0.2) is 17.0 Å². The number of ketones is 1. The molecule has 1 saturated heterocycles. The minimum absolute atomic E-state index is 0.185. The molecule has 0 bridgehead atoms. The van der Waals surface area contributed by atoms with Crippen molar-refractivity contribution in [3.8, 4) is 5.75 Å². The number of rotatable bonds is 11. The van der Waals surface area contributed by atoms with Gasteiger partial charge in [-0.3, -0.25) is 4.79 Å². The predicted molar refractivity (Wildman–Crippen MR) is 141 cm³/mol. The number of sulfonamides is 1. The smallest absolute Gasteiger partial charge is 0.243 e. The molecule has 0 radical (unpaired) electrons. The topological polar surface area (TPSA) is 66.9 Å². The van der Waals surface area contributed by atoms with Crippen LogP contribution in [0.2, 0.25) is 0 Å². The fourth-order valence-corrected chi connectivity index (χ4v) is 7.54. The first-order chi connectivity index (χ1) is 16.6. The molecule has 0 N–H and O–H groups in total. The van der Waals surface area contributed by atoms with Crippen molar-refractivity contribution in [2.75, 3.05) is 40.8 Å². The first-order valence-electron chi connectivity index (χ1n) is 13.4. The molecule has 1 saturated carbocycles. The third kappa shape index (κ3) is 7.77. The molecule has 1 aromatic carbocycles. The number of benzene rings is 1. The second-order valence-electron chi connectivity index (χ2n) is 11.1. The van der Waals surface area contributed by atoms with Gasteiger partial charge in [-0.15, -0.1) is 0 Å². The van der Waals surface area contributed by atoms with Crippen molar-refractivity contribution in [1.82, 2.24) is 9.21 Å². The van der Waals surface area contributed by atoms with E-state index in [0.717, 1.165) is 24.7 Å². The Kier molecular flexibility index (Phi) is 10.2. The number of aryl methyl sites for hydroxylation is 2. The molecule has 3 rings (SSSR count). The zero-order valence-electron chi connectivity index (χ0n) is 22.5. The van der Waals surface area contributed by atoms with Gasteiger partial charge in [0.2, 0.25) is 10.0 Å². The van der Waals surface area contributed by atoms with Gasteiger partial charge in [0, 0.05) is 26.4 Å². The van der Waals surface area contributed by atoms with E-state index in [1.165, 1.54) is 55.9 Å². The van der Waals surface area contributed by atoms with Gasteiger partial charge in [0.05, 0.1) is 12.0 Å². The number of hydrogen-bond donors (Lipinski definition) is 0. The standard InChI is InChI=1S/C28H46N2O4S/c1-21-18-27(34-5)19-22(2)28(21)35(32,33)30(4)17-14-26(31)20-25-10-8-23(9-11-25)6-7-24-12-15-29(3)16-13-24/h18-19,23-25H,6-17,20H2,1-5H3. The maximum absolute atomic E-state index is 13.2. The number of methoxy groups -OCH3 is 1. The molecular formula is C28H46N2O4S. The lowest BCUT2D eigenvalue weighted by molar-refractivity contribution is -0.120.